The Kier molecular flexibility index (Phi) is 2.91. The van der Waals surface area contributed by atoms with Gasteiger partial charge in [0, 0.05) is 4.47 Å². The molecule has 0 aliphatic carbocycles. The normalized spacial score (nSPS) is 17.2. The van der Waals surface area contributed by atoms with Gasteiger partial charge in [0.05, 0.1) is 11.4 Å². The molecule has 1 aliphatic rings. The fourth-order valence-corrected chi connectivity index (χ4v) is 1.42. The molecule has 0 bridgehead atoms. The van der Waals surface area contributed by atoms with Crippen LogP contribution in [0.2, 0.25) is 0 Å². The summed E-state index contributed by atoms with van der Waals surface area (Å²) in [5.74, 6) is -0.297. The van der Waals surface area contributed by atoms with E-state index < -0.39 is 0 Å². The summed E-state index contributed by atoms with van der Waals surface area (Å²) in [5.41, 5.74) is 9.27. The van der Waals surface area contributed by atoms with Gasteiger partial charge in [0.15, 0.2) is 5.71 Å². The maximum absolute atomic E-state index is 11.2. The molecule has 1 saturated heterocycles. The molecule has 3 N–H and O–H groups in total. The van der Waals surface area contributed by atoms with Gasteiger partial charge in [-0.3, -0.25) is 21.1 Å². The second-order valence-electron chi connectivity index (χ2n) is 3.14. The van der Waals surface area contributed by atoms with E-state index in [1.165, 1.54) is 0 Å². The Morgan fingerprint density at radius 2 is 1.94 bits per heavy atom. The van der Waals surface area contributed by atoms with Crippen LogP contribution in [0, 0.1) is 0 Å². The number of carbonyl (C=O) groups is 1. The monoisotopic (exact) mass is 280 g/mol. The van der Waals surface area contributed by atoms with Gasteiger partial charge in [0.2, 0.25) is 0 Å². The van der Waals surface area contributed by atoms with Crippen molar-refractivity contribution in [1.29, 1.82) is 0 Å². The zero-order valence-electron chi connectivity index (χ0n) is 8.25. The Labute approximate surface area is 101 Å². The highest BCUT2D eigenvalue weighted by Gasteiger charge is 2.22. The molecular formula is C10H9BrN4O. The third-order valence-electron chi connectivity index (χ3n) is 1.97. The van der Waals surface area contributed by atoms with Gasteiger partial charge in [0.25, 0.3) is 5.91 Å². The number of nitrogens with one attached hydrogen (secondary N) is 3. The minimum absolute atomic E-state index is 0.253. The molecule has 16 heavy (non-hydrogen) atoms. The number of nitrogens with zero attached hydrogens (tertiary/aromatic N) is 1. The molecule has 0 aromatic heterocycles. The van der Waals surface area contributed by atoms with Crippen molar-refractivity contribution in [2.75, 3.05) is 5.43 Å². The first-order chi connectivity index (χ1) is 7.66. The fraction of sp³-hybridized carbons (Fsp3) is 0. The highest BCUT2D eigenvalue weighted by Crippen LogP contribution is 2.14. The van der Waals surface area contributed by atoms with Gasteiger partial charge in [-0.15, -0.1) is 0 Å². The van der Waals surface area contributed by atoms with Crippen LogP contribution in [-0.2, 0) is 4.79 Å². The lowest BCUT2D eigenvalue weighted by atomic mass is 10.3. The summed E-state index contributed by atoms with van der Waals surface area (Å²) in [6.45, 7) is 3.64. The fourth-order valence-electron chi connectivity index (χ4n) is 1.15. The number of hydrazone groups is 1. The van der Waals surface area contributed by atoms with Crippen LogP contribution in [0.25, 0.3) is 0 Å². The van der Waals surface area contributed by atoms with Crippen molar-refractivity contribution in [2.24, 2.45) is 5.10 Å². The largest absolute Gasteiger partial charge is 0.296 e. The molecule has 5 nitrogen and oxygen atoms in total. The molecule has 1 heterocycles. The summed E-state index contributed by atoms with van der Waals surface area (Å²) in [6, 6.07) is 7.45. The van der Waals surface area contributed by atoms with Crippen LogP contribution in [0.4, 0.5) is 5.69 Å². The second-order valence-corrected chi connectivity index (χ2v) is 4.05. The number of hydrogen-bond acceptors (Lipinski definition) is 4. The van der Waals surface area contributed by atoms with Gasteiger partial charge in [-0.25, -0.2) is 0 Å². The van der Waals surface area contributed by atoms with Gasteiger partial charge in [-0.05, 0) is 24.3 Å². The van der Waals surface area contributed by atoms with Gasteiger partial charge in [0.1, 0.15) is 0 Å². The van der Waals surface area contributed by atoms with Crippen LogP contribution in [0.5, 0.6) is 0 Å². The quantitative estimate of drug-likeness (QED) is 0.717. The van der Waals surface area contributed by atoms with E-state index in [9.17, 15) is 4.79 Å². The SMILES string of the molecule is C=C1NNC(=O)/C1=N/Nc1ccc(Br)cc1. The molecule has 1 fully saturated rings. The molecule has 0 atom stereocenters. The summed E-state index contributed by atoms with van der Waals surface area (Å²) < 4.78 is 0.982. The Morgan fingerprint density at radius 3 is 2.50 bits per heavy atom. The first-order valence-corrected chi connectivity index (χ1v) is 5.31. The van der Waals surface area contributed by atoms with Crippen molar-refractivity contribution in [2.45, 2.75) is 0 Å². The number of hydrazine groups is 1. The molecule has 1 aliphatic heterocycles. The Bertz CT molecular complexity index is 448. The Hall–Kier alpha value is -1.82. The average Bonchev–Trinajstić information content (AvgIpc) is 2.59. The summed E-state index contributed by atoms with van der Waals surface area (Å²) in [5, 5.41) is 3.96. The summed E-state index contributed by atoms with van der Waals surface area (Å²) in [7, 11) is 0. The molecule has 2 rings (SSSR count). The maximum atomic E-state index is 11.2. The topological polar surface area (TPSA) is 65.5 Å². The lowest BCUT2D eigenvalue weighted by molar-refractivity contribution is -0.114. The number of halogens is 1. The number of hydrogen-bond donors (Lipinski definition) is 3. The number of rotatable bonds is 2. The van der Waals surface area contributed by atoms with E-state index in [1.54, 1.807) is 0 Å². The van der Waals surface area contributed by atoms with Crippen LogP contribution in [0.3, 0.4) is 0 Å². The van der Waals surface area contributed by atoms with Gasteiger partial charge in [-0.1, -0.05) is 22.5 Å². The van der Waals surface area contributed by atoms with Crippen molar-refractivity contribution >= 4 is 33.2 Å². The molecule has 0 spiro atoms. The number of benzene rings is 1. The minimum Gasteiger partial charge on any atom is -0.296 e. The molecular weight excluding hydrogens is 272 g/mol. The molecule has 0 saturated carbocycles. The third-order valence-corrected chi connectivity index (χ3v) is 2.50. The molecule has 6 heteroatoms. The molecule has 0 radical (unpaired) electrons. The first-order valence-electron chi connectivity index (χ1n) is 4.52. The van der Waals surface area contributed by atoms with E-state index in [4.69, 9.17) is 0 Å². The molecule has 1 amide bonds. The standard InChI is InChI=1S/C10H9BrN4O/c1-6-9(10(16)15-12-6)14-13-8-4-2-7(11)3-5-8/h2-5,12-13H,1H2,(H,15,16)/b14-9+. The average molecular weight is 281 g/mol. The first kappa shape index (κ1) is 10.7. The van der Waals surface area contributed by atoms with Crippen molar-refractivity contribution < 1.29 is 4.79 Å². The lowest BCUT2D eigenvalue weighted by Gasteiger charge is -2.00. The second kappa shape index (κ2) is 4.36. The zero-order chi connectivity index (χ0) is 11.5. The molecule has 0 unspecified atom stereocenters. The van der Waals surface area contributed by atoms with Gasteiger partial charge < -0.3 is 0 Å². The third kappa shape index (κ3) is 2.22. The van der Waals surface area contributed by atoms with Crippen LogP contribution < -0.4 is 16.3 Å². The smallest absolute Gasteiger partial charge is 0.292 e. The van der Waals surface area contributed by atoms with Gasteiger partial charge >= 0.3 is 0 Å². The zero-order valence-corrected chi connectivity index (χ0v) is 9.84. The number of anilines is 1. The van der Waals surface area contributed by atoms with Crippen LogP contribution >= 0.6 is 15.9 Å². The Morgan fingerprint density at radius 1 is 1.25 bits per heavy atom. The van der Waals surface area contributed by atoms with E-state index >= 15 is 0 Å². The van der Waals surface area contributed by atoms with E-state index in [0.717, 1.165) is 10.2 Å². The summed E-state index contributed by atoms with van der Waals surface area (Å²) in [6.07, 6.45) is 0. The predicted octanol–water partition coefficient (Wildman–Crippen LogP) is 1.37. The van der Waals surface area contributed by atoms with Crippen LogP contribution in [-0.4, -0.2) is 11.6 Å². The molecule has 1 aromatic carbocycles. The van der Waals surface area contributed by atoms with Crippen LogP contribution in [0.15, 0.2) is 46.1 Å². The van der Waals surface area contributed by atoms with Crippen molar-refractivity contribution in [3.63, 3.8) is 0 Å². The maximum Gasteiger partial charge on any atom is 0.292 e. The number of amides is 1. The van der Waals surface area contributed by atoms with E-state index in [1.807, 2.05) is 24.3 Å². The summed E-state index contributed by atoms with van der Waals surface area (Å²) in [4.78, 5) is 11.2. The van der Waals surface area contributed by atoms with E-state index in [-0.39, 0.29) is 11.6 Å². The van der Waals surface area contributed by atoms with E-state index in [2.05, 4.69) is 43.9 Å². The minimum atomic E-state index is -0.297. The van der Waals surface area contributed by atoms with Crippen LogP contribution in [0.1, 0.15) is 0 Å². The Balaban J connectivity index is 2.11. The molecule has 1 aromatic rings. The number of carbonyl (C=O) groups excluding carboxylic acids is 1. The predicted molar refractivity (Wildman–Crippen MR) is 65.6 cm³/mol. The van der Waals surface area contributed by atoms with Crippen molar-refractivity contribution in [3.05, 3.63) is 41.0 Å². The highest BCUT2D eigenvalue weighted by atomic mass is 79.9. The van der Waals surface area contributed by atoms with E-state index in [0.29, 0.717) is 5.70 Å². The highest BCUT2D eigenvalue weighted by molar-refractivity contribution is 9.10. The van der Waals surface area contributed by atoms with Crippen molar-refractivity contribution in [3.8, 4) is 0 Å². The summed E-state index contributed by atoms with van der Waals surface area (Å²) >= 11 is 3.33. The van der Waals surface area contributed by atoms with Gasteiger partial charge in [-0.2, -0.15) is 5.10 Å². The van der Waals surface area contributed by atoms with Crippen molar-refractivity contribution in [1.82, 2.24) is 10.9 Å². The lowest BCUT2D eigenvalue weighted by Crippen LogP contribution is -2.25. The molecule has 82 valence electrons.